The van der Waals surface area contributed by atoms with Crippen molar-refractivity contribution in [1.82, 2.24) is 9.21 Å². The summed E-state index contributed by atoms with van der Waals surface area (Å²) in [5.41, 5.74) is 2.15. The third-order valence-electron chi connectivity index (χ3n) is 8.13. The fourth-order valence-corrected chi connectivity index (χ4v) is 6.56. The van der Waals surface area contributed by atoms with Gasteiger partial charge in [0, 0.05) is 30.6 Å². The number of carbonyl (C=O) groups excluding carboxylic acids is 2. The Balaban J connectivity index is 1.41. The number of nitrogens with one attached hydrogen (secondary N) is 2. The number of likely N-dealkylation sites (N-methyl/N-ethyl adjacent to an activating group) is 1. The second kappa shape index (κ2) is 13.3. The van der Waals surface area contributed by atoms with Crippen LogP contribution in [0.3, 0.4) is 0 Å². The van der Waals surface area contributed by atoms with Crippen LogP contribution in [0.1, 0.15) is 29.8 Å². The Morgan fingerprint density at radius 3 is 2.49 bits per heavy atom. The lowest BCUT2D eigenvalue weighted by atomic mass is 9.99. The highest BCUT2D eigenvalue weighted by Gasteiger charge is 2.35. The minimum absolute atomic E-state index is 0.0276. The smallest absolute Gasteiger partial charge is 0.323 e. The Hall–Kier alpha value is -4.45. The van der Waals surface area contributed by atoms with E-state index in [2.05, 4.69) is 10.6 Å². The van der Waals surface area contributed by atoms with Gasteiger partial charge < -0.3 is 25.4 Å². The fourth-order valence-electron chi connectivity index (χ4n) is 5.38. The number of hydrogen-bond donors (Lipinski definition) is 3. The van der Waals surface area contributed by atoms with E-state index in [-0.39, 0.29) is 47.7 Å². The Morgan fingerprint density at radius 2 is 1.76 bits per heavy atom. The molecule has 11 heteroatoms. The molecule has 0 unspecified atom stereocenters. The molecule has 0 bridgehead atoms. The lowest BCUT2D eigenvalue weighted by molar-refractivity contribution is 0.0387. The largest absolute Gasteiger partial charge is 0.488 e. The molecule has 1 aliphatic rings. The number of fused-ring (bicyclic) bond motifs is 2. The molecule has 1 aliphatic heterocycles. The van der Waals surface area contributed by atoms with E-state index in [4.69, 9.17) is 4.74 Å². The van der Waals surface area contributed by atoms with E-state index >= 15 is 0 Å². The number of anilines is 2. The molecule has 0 radical (unpaired) electrons. The summed E-state index contributed by atoms with van der Waals surface area (Å²) < 4.78 is 34.4. The number of nitrogens with zero attached hydrogens (tertiary/aromatic N) is 2. The van der Waals surface area contributed by atoms with E-state index in [0.717, 1.165) is 16.3 Å². The van der Waals surface area contributed by atoms with Crippen LogP contribution in [-0.4, -0.2) is 73.6 Å². The Morgan fingerprint density at radius 1 is 1.04 bits per heavy atom. The summed E-state index contributed by atoms with van der Waals surface area (Å²) >= 11 is 0. The standard InChI is InChI=1S/C34H38N4O6S/c1-22-12-15-27(16-13-22)45(42,43)37(4)20-32-23(2)19-38(24(3)21-39)33(40)29-18-26(14-17-31(29)44-32)35-34(41)36-30-11-7-9-25-8-5-6-10-28(25)30/h5-18,23-24,32,39H,19-21H2,1-4H3,(H2,35,36,41)/t23-,24-,32+/m0/s1. The number of hydrogen-bond acceptors (Lipinski definition) is 6. The number of carbonyl (C=O) groups is 2. The van der Waals surface area contributed by atoms with Gasteiger partial charge in [-0.15, -0.1) is 0 Å². The van der Waals surface area contributed by atoms with Gasteiger partial charge in [-0.2, -0.15) is 4.31 Å². The number of aryl methyl sites for hydroxylation is 1. The number of amides is 3. The lowest BCUT2D eigenvalue weighted by Crippen LogP contribution is -2.50. The molecule has 0 spiro atoms. The fraction of sp³-hybridized carbons (Fsp3) is 0.294. The van der Waals surface area contributed by atoms with Gasteiger partial charge in [0.1, 0.15) is 11.9 Å². The van der Waals surface area contributed by atoms with E-state index in [1.807, 2.05) is 56.3 Å². The van der Waals surface area contributed by atoms with Gasteiger partial charge in [0.05, 0.1) is 35.3 Å². The van der Waals surface area contributed by atoms with Crippen molar-refractivity contribution in [1.29, 1.82) is 0 Å². The molecule has 0 aromatic heterocycles. The highest BCUT2D eigenvalue weighted by atomic mass is 32.2. The van der Waals surface area contributed by atoms with Crippen LogP contribution in [-0.2, 0) is 10.0 Å². The van der Waals surface area contributed by atoms with Gasteiger partial charge in [0.15, 0.2) is 0 Å². The van der Waals surface area contributed by atoms with Crippen LogP contribution in [0, 0.1) is 12.8 Å². The number of aliphatic hydroxyl groups is 1. The minimum Gasteiger partial charge on any atom is -0.488 e. The van der Waals surface area contributed by atoms with Crippen molar-refractivity contribution >= 4 is 44.1 Å². The van der Waals surface area contributed by atoms with E-state index in [9.17, 15) is 23.1 Å². The first-order valence-electron chi connectivity index (χ1n) is 14.8. The monoisotopic (exact) mass is 630 g/mol. The van der Waals surface area contributed by atoms with Gasteiger partial charge in [-0.3, -0.25) is 4.79 Å². The quantitative estimate of drug-likeness (QED) is 0.241. The van der Waals surface area contributed by atoms with Gasteiger partial charge in [-0.25, -0.2) is 13.2 Å². The molecule has 45 heavy (non-hydrogen) atoms. The van der Waals surface area contributed by atoms with Crippen LogP contribution in [0.25, 0.3) is 10.8 Å². The maximum absolute atomic E-state index is 13.8. The van der Waals surface area contributed by atoms with Gasteiger partial charge >= 0.3 is 6.03 Å². The molecule has 4 aromatic rings. The number of benzene rings is 4. The summed E-state index contributed by atoms with van der Waals surface area (Å²) in [5, 5.41) is 17.5. The molecule has 236 valence electrons. The number of ether oxygens (including phenoxy) is 1. The van der Waals surface area contributed by atoms with Crippen molar-refractivity contribution in [3.05, 3.63) is 96.1 Å². The van der Waals surface area contributed by atoms with Crippen LogP contribution in [0.5, 0.6) is 5.75 Å². The van der Waals surface area contributed by atoms with Crippen molar-refractivity contribution in [2.24, 2.45) is 5.92 Å². The molecular weight excluding hydrogens is 592 g/mol. The van der Waals surface area contributed by atoms with E-state index in [0.29, 0.717) is 11.4 Å². The maximum atomic E-state index is 13.8. The number of sulfonamides is 1. The third kappa shape index (κ3) is 6.95. The first-order valence-corrected chi connectivity index (χ1v) is 16.2. The summed E-state index contributed by atoms with van der Waals surface area (Å²) in [7, 11) is -2.30. The predicted octanol–water partition coefficient (Wildman–Crippen LogP) is 5.33. The first kappa shape index (κ1) is 32.0. The van der Waals surface area contributed by atoms with Gasteiger partial charge in [0.25, 0.3) is 5.91 Å². The number of aliphatic hydroxyl groups excluding tert-OH is 1. The average molecular weight is 631 g/mol. The summed E-state index contributed by atoms with van der Waals surface area (Å²) in [4.78, 5) is 28.6. The van der Waals surface area contributed by atoms with E-state index in [1.54, 1.807) is 48.2 Å². The topological polar surface area (TPSA) is 128 Å². The molecule has 4 aromatic carbocycles. The molecule has 0 aliphatic carbocycles. The molecule has 3 atom stereocenters. The second-order valence-electron chi connectivity index (χ2n) is 11.5. The van der Waals surface area contributed by atoms with Crippen molar-refractivity contribution < 1.29 is 27.9 Å². The zero-order valence-electron chi connectivity index (χ0n) is 25.7. The molecule has 3 amide bonds. The number of rotatable bonds is 8. The summed E-state index contributed by atoms with van der Waals surface area (Å²) in [5.74, 6) is -0.389. The molecule has 0 saturated carbocycles. The molecule has 3 N–H and O–H groups in total. The molecule has 5 rings (SSSR count). The Labute approximate surface area is 263 Å². The van der Waals surface area contributed by atoms with E-state index < -0.39 is 28.2 Å². The van der Waals surface area contributed by atoms with Crippen LogP contribution in [0.4, 0.5) is 16.2 Å². The SMILES string of the molecule is Cc1ccc(S(=O)(=O)N(C)C[C@H]2Oc3ccc(NC(=O)Nc4cccc5ccccc45)cc3C(=O)N([C@@H](C)CO)C[C@@H]2C)cc1. The van der Waals surface area contributed by atoms with Gasteiger partial charge in [-0.1, -0.05) is 61.0 Å². The maximum Gasteiger partial charge on any atom is 0.323 e. The highest BCUT2D eigenvalue weighted by molar-refractivity contribution is 7.89. The van der Waals surface area contributed by atoms with Crippen molar-refractivity contribution in [2.75, 3.05) is 37.4 Å². The summed E-state index contributed by atoms with van der Waals surface area (Å²) in [6.07, 6.45) is -0.621. The van der Waals surface area contributed by atoms with Crippen LogP contribution >= 0.6 is 0 Å². The van der Waals surface area contributed by atoms with Crippen molar-refractivity contribution in [2.45, 2.75) is 37.8 Å². The molecule has 10 nitrogen and oxygen atoms in total. The van der Waals surface area contributed by atoms with Crippen molar-refractivity contribution in [3.63, 3.8) is 0 Å². The van der Waals surface area contributed by atoms with Crippen LogP contribution in [0.15, 0.2) is 89.8 Å². The van der Waals surface area contributed by atoms with Gasteiger partial charge in [0.2, 0.25) is 10.0 Å². The summed E-state index contributed by atoms with van der Waals surface area (Å²) in [6, 6.07) is 23.8. The minimum atomic E-state index is -3.80. The number of urea groups is 1. The normalized spacial score (nSPS) is 17.6. The third-order valence-corrected chi connectivity index (χ3v) is 9.96. The second-order valence-corrected chi connectivity index (χ2v) is 13.6. The Kier molecular flexibility index (Phi) is 9.42. The average Bonchev–Trinajstić information content (AvgIpc) is 3.03. The van der Waals surface area contributed by atoms with Crippen LogP contribution < -0.4 is 15.4 Å². The van der Waals surface area contributed by atoms with Gasteiger partial charge in [-0.05, 0) is 55.6 Å². The van der Waals surface area contributed by atoms with Crippen molar-refractivity contribution in [3.8, 4) is 5.75 Å². The zero-order valence-corrected chi connectivity index (χ0v) is 26.5. The molecule has 1 heterocycles. The highest BCUT2D eigenvalue weighted by Crippen LogP contribution is 2.31. The molecule has 0 saturated heterocycles. The first-order chi connectivity index (χ1) is 21.5. The molecular formula is C34H38N4O6S. The summed E-state index contributed by atoms with van der Waals surface area (Å²) in [6.45, 7) is 5.52. The zero-order chi connectivity index (χ0) is 32.3. The Bertz CT molecular complexity index is 1810. The molecule has 0 fully saturated rings. The predicted molar refractivity (Wildman–Crippen MR) is 175 cm³/mol. The van der Waals surface area contributed by atoms with E-state index in [1.165, 1.54) is 17.4 Å². The van der Waals surface area contributed by atoms with Crippen LogP contribution in [0.2, 0.25) is 0 Å². The lowest BCUT2D eigenvalue weighted by Gasteiger charge is -2.38.